The molecule has 2 aliphatic rings. The van der Waals surface area contributed by atoms with Gasteiger partial charge in [-0.15, -0.1) is 0 Å². The number of carbonyl (C=O) groups excluding carboxylic acids is 2. The lowest BCUT2D eigenvalue weighted by molar-refractivity contribution is -0.146. The molecule has 142 valence electrons. The summed E-state index contributed by atoms with van der Waals surface area (Å²) in [6.45, 7) is 11.2. The van der Waals surface area contributed by atoms with E-state index in [-0.39, 0.29) is 24.0 Å². The average molecular weight is 358 g/mol. The number of nitrogens with zero attached hydrogens (tertiary/aromatic N) is 2. The first-order valence-electron chi connectivity index (χ1n) is 9.76. The molecule has 26 heavy (non-hydrogen) atoms. The first-order valence-corrected chi connectivity index (χ1v) is 9.76. The number of hydrogen-bond acceptors (Lipinski definition) is 4. The summed E-state index contributed by atoms with van der Waals surface area (Å²) in [5.41, 5.74) is 0.911. The highest BCUT2D eigenvalue weighted by Crippen LogP contribution is 2.45. The van der Waals surface area contributed by atoms with Crippen molar-refractivity contribution >= 4 is 11.8 Å². The Balaban J connectivity index is 2.00. The molecule has 0 N–H and O–H groups in total. The van der Waals surface area contributed by atoms with Crippen molar-refractivity contribution in [3.05, 3.63) is 35.4 Å². The molecule has 2 unspecified atom stereocenters. The maximum Gasteiger partial charge on any atom is 0.260 e. The first-order chi connectivity index (χ1) is 12.4. The molecule has 0 bridgehead atoms. The van der Waals surface area contributed by atoms with Crippen LogP contribution in [-0.2, 0) is 14.9 Å². The summed E-state index contributed by atoms with van der Waals surface area (Å²) in [6, 6.07) is 7.63. The molecule has 0 saturated carbocycles. The number of ether oxygens (including phenoxy) is 1. The predicted molar refractivity (Wildman–Crippen MR) is 101 cm³/mol. The SMILES string of the molecule is CCN(CC)CCN1C(=O)c2ccccc2C2(CC(C)OC(C)C2)C1=O. The smallest absolute Gasteiger partial charge is 0.260 e. The van der Waals surface area contributed by atoms with E-state index in [2.05, 4.69) is 18.7 Å². The van der Waals surface area contributed by atoms with Gasteiger partial charge < -0.3 is 9.64 Å². The Hall–Kier alpha value is -1.72. The van der Waals surface area contributed by atoms with E-state index in [4.69, 9.17) is 4.74 Å². The molecular weight excluding hydrogens is 328 g/mol. The Morgan fingerprint density at radius 3 is 2.35 bits per heavy atom. The van der Waals surface area contributed by atoms with E-state index in [0.717, 1.165) is 18.7 Å². The number of benzene rings is 1. The van der Waals surface area contributed by atoms with Crippen LogP contribution in [0, 0.1) is 0 Å². The number of fused-ring (bicyclic) bond motifs is 2. The second kappa shape index (κ2) is 7.49. The Kier molecular flexibility index (Phi) is 5.49. The van der Waals surface area contributed by atoms with Crippen LogP contribution in [0.3, 0.4) is 0 Å². The van der Waals surface area contributed by atoms with Gasteiger partial charge in [0.05, 0.1) is 17.6 Å². The van der Waals surface area contributed by atoms with Crippen molar-refractivity contribution in [3.8, 4) is 0 Å². The largest absolute Gasteiger partial charge is 0.375 e. The zero-order valence-electron chi connectivity index (χ0n) is 16.3. The third kappa shape index (κ3) is 3.19. The normalized spacial score (nSPS) is 28.7. The summed E-state index contributed by atoms with van der Waals surface area (Å²) in [5, 5.41) is 0. The minimum Gasteiger partial charge on any atom is -0.375 e. The zero-order chi connectivity index (χ0) is 18.9. The molecule has 2 heterocycles. The topological polar surface area (TPSA) is 49.9 Å². The number of carbonyl (C=O) groups is 2. The molecule has 5 heteroatoms. The van der Waals surface area contributed by atoms with Crippen LogP contribution in [0.15, 0.2) is 24.3 Å². The second-order valence-corrected chi connectivity index (χ2v) is 7.58. The molecule has 1 fully saturated rings. The van der Waals surface area contributed by atoms with Crippen LogP contribution in [0.2, 0.25) is 0 Å². The van der Waals surface area contributed by atoms with Crippen molar-refractivity contribution < 1.29 is 14.3 Å². The molecule has 1 aromatic rings. The lowest BCUT2D eigenvalue weighted by Crippen LogP contribution is -2.59. The van der Waals surface area contributed by atoms with Crippen LogP contribution < -0.4 is 0 Å². The minimum atomic E-state index is -0.648. The third-order valence-corrected chi connectivity index (χ3v) is 5.84. The predicted octanol–water partition coefficient (Wildman–Crippen LogP) is 2.84. The van der Waals surface area contributed by atoms with Crippen LogP contribution in [-0.4, -0.2) is 60.0 Å². The number of imide groups is 1. The Labute approximate surface area is 156 Å². The highest BCUT2D eigenvalue weighted by atomic mass is 16.5. The van der Waals surface area contributed by atoms with Crippen molar-refractivity contribution in [2.45, 2.75) is 58.2 Å². The van der Waals surface area contributed by atoms with Crippen LogP contribution in [0.25, 0.3) is 0 Å². The standard InChI is InChI=1S/C21H30N2O3/c1-5-22(6-2)11-12-23-19(24)17-9-7-8-10-18(17)21(20(23)25)13-15(3)26-16(4)14-21/h7-10,15-16H,5-6,11-14H2,1-4H3. The minimum absolute atomic E-state index is 0.00593. The maximum absolute atomic E-state index is 13.6. The first kappa shape index (κ1) is 19.1. The summed E-state index contributed by atoms with van der Waals surface area (Å²) >= 11 is 0. The van der Waals surface area contributed by atoms with Gasteiger partial charge in [-0.25, -0.2) is 0 Å². The molecule has 1 aromatic carbocycles. The van der Waals surface area contributed by atoms with E-state index < -0.39 is 5.41 Å². The third-order valence-electron chi connectivity index (χ3n) is 5.84. The van der Waals surface area contributed by atoms with Crippen LogP contribution in [0.5, 0.6) is 0 Å². The van der Waals surface area contributed by atoms with E-state index in [1.54, 1.807) is 0 Å². The quantitative estimate of drug-likeness (QED) is 0.760. The fraction of sp³-hybridized carbons (Fsp3) is 0.619. The summed E-state index contributed by atoms with van der Waals surface area (Å²) in [5.74, 6) is -0.203. The van der Waals surface area contributed by atoms with Crippen molar-refractivity contribution in [1.82, 2.24) is 9.80 Å². The van der Waals surface area contributed by atoms with Gasteiger partial charge in [0.15, 0.2) is 0 Å². The highest BCUT2D eigenvalue weighted by Gasteiger charge is 2.53. The van der Waals surface area contributed by atoms with Gasteiger partial charge in [-0.05, 0) is 51.4 Å². The van der Waals surface area contributed by atoms with E-state index in [1.807, 2.05) is 38.1 Å². The zero-order valence-corrected chi connectivity index (χ0v) is 16.3. The second-order valence-electron chi connectivity index (χ2n) is 7.58. The fourth-order valence-corrected chi connectivity index (χ4v) is 4.63. The highest BCUT2D eigenvalue weighted by molar-refractivity contribution is 6.13. The van der Waals surface area contributed by atoms with Gasteiger partial charge in [-0.2, -0.15) is 0 Å². The van der Waals surface area contributed by atoms with Crippen LogP contribution in [0.4, 0.5) is 0 Å². The van der Waals surface area contributed by atoms with Gasteiger partial charge in [-0.3, -0.25) is 14.5 Å². The van der Waals surface area contributed by atoms with E-state index in [1.165, 1.54) is 4.90 Å². The molecule has 3 rings (SSSR count). The Bertz CT molecular complexity index is 674. The van der Waals surface area contributed by atoms with Gasteiger partial charge in [0, 0.05) is 18.7 Å². The van der Waals surface area contributed by atoms with Gasteiger partial charge in [0.25, 0.3) is 5.91 Å². The molecular formula is C21H30N2O3. The maximum atomic E-state index is 13.6. The van der Waals surface area contributed by atoms with E-state index in [9.17, 15) is 9.59 Å². The average Bonchev–Trinajstić information content (AvgIpc) is 2.62. The number of likely N-dealkylation sites (N-methyl/N-ethyl adjacent to an activating group) is 1. The Morgan fingerprint density at radius 2 is 1.73 bits per heavy atom. The monoisotopic (exact) mass is 358 g/mol. The molecule has 0 aliphatic carbocycles. The van der Waals surface area contributed by atoms with Gasteiger partial charge in [-0.1, -0.05) is 32.0 Å². The molecule has 2 aliphatic heterocycles. The Morgan fingerprint density at radius 1 is 1.12 bits per heavy atom. The number of rotatable bonds is 5. The molecule has 2 amide bonds. The van der Waals surface area contributed by atoms with E-state index >= 15 is 0 Å². The van der Waals surface area contributed by atoms with Gasteiger partial charge in [0.2, 0.25) is 5.91 Å². The summed E-state index contributed by atoms with van der Waals surface area (Å²) in [7, 11) is 0. The van der Waals surface area contributed by atoms with Gasteiger partial charge in [0.1, 0.15) is 0 Å². The summed E-state index contributed by atoms with van der Waals surface area (Å²) in [6.07, 6.45) is 1.24. The molecule has 0 radical (unpaired) electrons. The molecule has 2 atom stereocenters. The van der Waals surface area contributed by atoms with Gasteiger partial charge >= 0.3 is 0 Å². The molecule has 1 saturated heterocycles. The number of hydrogen-bond donors (Lipinski definition) is 0. The summed E-state index contributed by atoms with van der Waals surface area (Å²) in [4.78, 5) is 30.4. The van der Waals surface area contributed by atoms with Crippen molar-refractivity contribution in [2.24, 2.45) is 0 Å². The lowest BCUT2D eigenvalue weighted by Gasteiger charge is -2.47. The van der Waals surface area contributed by atoms with Crippen LogP contribution in [0.1, 0.15) is 56.5 Å². The summed E-state index contributed by atoms with van der Waals surface area (Å²) < 4.78 is 5.91. The van der Waals surface area contributed by atoms with Crippen molar-refractivity contribution in [3.63, 3.8) is 0 Å². The number of amides is 2. The molecule has 1 spiro atoms. The van der Waals surface area contributed by atoms with Crippen molar-refractivity contribution in [2.75, 3.05) is 26.2 Å². The molecule has 0 aromatic heterocycles. The molecule has 5 nitrogen and oxygen atoms in total. The fourth-order valence-electron chi connectivity index (χ4n) is 4.63. The lowest BCUT2D eigenvalue weighted by atomic mass is 9.66. The van der Waals surface area contributed by atoms with E-state index in [0.29, 0.717) is 31.5 Å². The van der Waals surface area contributed by atoms with Crippen molar-refractivity contribution in [1.29, 1.82) is 0 Å². The van der Waals surface area contributed by atoms with Crippen LogP contribution >= 0.6 is 0 Å².